The maximum absolute atomic E-state index is 10.9. The van der Waals surface area contributed by atoms with E-state index in [2.05, 4.69) is 20.0 Å². The smallest absolute Gasteiger partial charge is 0.273 e. The van der Waals surface area contributed by atoms with Crippen LogP contribution >= 0.6 is 11.6 Å². The van der Waals surface area contributed by atoms with Crippen molar-refractivity contribution in [3.8, 4) is 0 Å². The molecular formula is C11H11ClN4O3. The lowest BCUT2D eigenvalue weighted by atomic mass is 10.2. The Morgan fingerprint density at radius 3 is 3.00 bits per heavy atom. The summed E-state index contributed by atoms with van der Waals surface area (Å²) in [5, 5.41) is 18.1. The van der Waals surface area contributed by atoms with Crippen molar-refractivity contribution in [3.63, 3.8) is 0 Å². The summed E-state index contributed by atoms with van der Waals surface area (Å²) in [6.07, 6.45) is 1.85. The van der Waals surface area contributed by atoms with Crippen LogP contribution in [-0.2, 0) is 13.0 Å². The number of hydrogen-bond acceptors (Lipinski definition) is 6. The number of hydrogen-bond donors (Lipinski definition) is 1. The van der Waals surface area contributed by atoms with Crippen molar-refractivity contribution < 1.29 is 9.45 Å². The van der Waals surface area contributed by atoms with Gasteiger partial charge in [-0.25, -0.2) is 0 Å². The fourth-order valence-electron chi connectivity index (χ4n) is 1.60. The first-order valence-corrected chi connectivity index (χ1v) is 5.93. The van der Waals surface area contributed by atoms with Gasteiger partial charge in [0.15, 0.2) is 5.82 Å². The zero-order chi connectivity index (χ0) is 13.7. The first kappa shape index (κ1) is 13.4. The topological polar surface area (TPSA) is 94.1 Å². The van der Waals surface area contributed by atoms with Crippen LogP contribution < -0.4 is 5.32 Å². The molecule has 0 fully saturated rings. The van der Waals surface area contributed by atoms with Crippen LogP contribution in [0.5, 0.6) is 0 Å². The van der Waals surface area contributed by atoms with Gasteiger partial charge >= 0.3 is 0 Å². The van der Waals surface area contributed by atoms with Crippen LogP contribution in [0.4, 0.5) is 5.69 Å². The highest BCUT2D eigenvalue weighted by molar-refractivity contribution is 6.30. The molecule has 19 heavy (non-hydrogen) atoms. The summed E-state index contributed by atoms with van der Waals surface area (Å²) in [5.41, 5.74) is 0.599. The first-order valence-electron chi connectivity index (χ1n) is 5.55. The summed E-state index contributed by atoms with van der Waals surface area (Å²) in [4.78, 5) is 14.3. The molecule has 0 aliphatic carbocycles. The Bertz CT molecular complexity index is 559. The summed E-state index contributed by atoms with van der Waals surface area (Å²) >= 11 is 5.83. The highest BCUT2D eigenvalue weighted by atomic mass is 35.5. The molecule has 0 aliphatic rings. The number of halogens is 1. The lowest BCUT2D eigenvalue weighted by molar-refractivity contribution is -0.385. The molecule has 1 aromatic heterocycles. The van der Waals surface area contributed by atoms with Crippen molar-refractivity contribution in [1.29, 1.82) is 0 Å². The molecule has 0 atom stereocenters. The second-order valence-electron chi connectivity index (χ2n) is 3.80. The molecule has 0 aliphatic heterocycles. The van der Waals surface area contributed by atoms with Gasteiger partial charge in [-0.2, -0.15) is 4.98 Å². The number of nitrogens with one attached hydrogen (secondary N) is 1. The Morgan fingerprint density at radius 1 is 1.47 bits per heavy atom. The van der Waals surface area contributed by atoms with Gasteiger partial charge in [0, 0.05) is 36.2 Å². The molecule has 8 heteroatoms. The van der Waals surface area contributed by atoms with Crippen LogP contribution in [0.2, 0.25) is 5.02 Å². The number of aromatic nitrogens is 2. The summed E-state index contributed by atoms with van der Waals surface area (Å²) in [7, 11) is 0. The molecule has 1 heterocycles. The lowest BCUT2D eigenvalue weighted by Gasteiger charge is -2.05. The summed E-state index contributed by atoms with van der Waals surface area (Å²) in [5.74, 6) is 0.591. The van der Waals surface area contributed by atoms with Gasteiger partial charge in [0.2, 0.25) is 6.39 Å². The second-order valence-corrected chi connectivity index (χ2v) is 4.24. The normalized spacial score (nSPS) is 10.6. The Morgan fingerprint density at radius 2 is 2.32 bits per heavy atom. The summed E-state index contributed by atoms with van der Waals surface area (Å²) in [6, 6.07) is 4.49. The van der Waals surface area contributed by atoms with Crippen LogP contribution in [-0.4, -0.2) is 21.6 Å². The van der Waals surface area contributed by atoms with Crippen molar-refractivity contribution in [2.24, 2.45) is 0 Å². The molecule has 0 unspecified atom stereocenters. The van der Waals surface area contributed by atoms with E-state index in [9.17, 15) is 10.1 Å². The average Bonchev–Trinajstić information content (AvgIpc) is 2.87. The lowest BCUT2D eigenvalue weighted by Crippen LogP contribution is -2.18. The maximum atomic E-state index is 10.9. The van der Waals surface area contributed by atoms with Crippen molar-refractivity contribution in [2.75, 3.05) is 6.54 Å². The van der Waals surface area contributed by atoms with Gasteiger partial charge in [0.05, 0.1) is 4.92 Å². The number of nitro benzene ring substituents is 1. The summed E-state index contributed by atoms with van der Waals surface area (Å²) in [6.45, 7) is 0.942. The molecule has 7 nitrogen and oxygen atoms in total. The third kappa shape index (κ3) is 3.73. The molecule has 1 aromatic carbocycles. The van der Waals surface area contributed by atoms with E-state index in [1.54, 1.807) is 6.07 Å². The predicted octanol–water partition coefficient (Wildman–Crippen LogP) is 1.96. The third-order valence-electron chi connectivity index (χ3n) is 2.49. The maximum Gasteiger partial charge on any atom is 0.273 e. The molecule has 0 amide bonds. The number of benzene rings is 1. The average molecular weight is 283 g/mol. The quantitative estimate of drug-likeness (QED) is 0.494. The van der Waals surface area contributed by atoms with Gasteiger partial charge in [0.1, 0.15) is 0 Å². The van der Waals surface area contributed by atoms with Crippen LogP contribution in [0.1, 0.15) is 11.4 Å². The molecule has 0 spiro atoms. The van der Waals surface area contributed by atoms with Crippen molar-refractivity contribution in [2.45, 2.75) is 13.0 Å². The molecule has 0 saturated carbocycles. The molecular weight excluding hydrogens is 272 g/mol. The summed E-state index contributed by atoms with van der Waals surface area (Å²) < 4.78 is 4.60. The minimum absolute atomic E-state index is 0.0523. The molecule has 0 saturated heterocycles. The Hall–Kier alpha value is -1.99. The van der Waals surface area contributed by atoms with Gasteiger partial charge < -0.3 is 9.84 Å². The Kier molecular flexibility index (Phi) is 4.43. The Labute approximate surface area is 113 Å². The SMILES string of the molecule is O=[N+]([O-])c1ccc(Cl)cc1CNCCc1ncon1. The standard InChI is InChI=1S/C11H11ClN4O3/c12-9-1-2-10(16(17)18)8(5-9)6-13-4-3-11-14-7-19-15-11/h1-2,5,7,13H,3-4,6H2. The highest BCUT2D eigenvalue weighted by Gasteiger charge is 2.13. The van der Waals surface area contributed by atoms with Gasteiger partial charge in [-0.05, 0) is 12.1 Å². The molecule has 100 valence electrons. The van der Waals surface area contributed by atoms with Gasteiger partial charge in [-0.15, -0.1) is 0 Å². The van der Waals surface area contributed by atoms with E-state index in [-0.39, 0.29) is 5.69 Å². The van der Waals surface area contributed by atoms with Gasteiger partial charge in [-0.1, -0.05) is 16.8 Å². The van der Waals surface area contributed by atoms with Gasteiger partial charge in [-0.3, -0.25) is 10.1 Å². The second kappa shape index (κ2) is 6.26. The molecule has 2 aromatic rings. The van der Waals surface area contributed by atoms with Crippen LogP contribution in [0.15, 0.2) is 29.1 Å². The fourth-order valence-corrected chi connectivity index (χ4v) is 1.79. The molecule has 2 rings (SSSR count). The van der Waals surface area contributed by atoms with Crippen LogP contribution in [0.25, 0.3) is 0 Å². The molecule has 0 bridgehead atoms. The largest absolute Gasteiger partial charge is 0.343 e. The van der Waals surface area contributed by atoms with Crippen molar-refractivity contribution in [1.82, 2.24) is 15.5 Å². The highest BCUT2D eigenvalue weighted by Crippen LogP contribution is 2.22. The zero-order valence-electron chi connectivity index (χ0n) is 9.88. The Balaban J connectivity index is 1.91. The van der Waals surface area contributed by atoms with E-state index in [0.717, 1.165) is 0 Å². The zero-order valence-corrected chi connectivity index (χ0v) is 10.6. The van der Waals surface area contributed by atoms with Crippen LogP contribution in [0.3, 0.4) is 0 Å². The van der Waals surface area contributed by atoms with E-state index >= 15 is 0 Å². The molecule has 0 radical (unpaired) electrons. The van der Waals surface area contributed by atoms with E-state index in [4.69, 9.17) is 11.6 Å². The van der Waals surface area contributed by atoms with E-state index in [1.165, 1.54) is 18.5 Å². The monoisotopic (exact) mass is 282 g/mol. The van der Waals surface area contributed by atoms with Crippen molar-refractivity contribution in [3.05, 3.63) is 51.1 Å². The first-order chi connectivity index (χ1) is 9.16. The van der Waals surface area contributed by atoms with E-state index < -0.39 is 4.92 Å². The molecule has 1 N–H and O–H groups in total. The van der Waals surface area contributed by atoms with Gasteiger partial charge in [0.25, 0.3) is 5.69 Å². The third-order valence-corrected chi connectivity index (χ3v) is 2.72. The van der Waals surface area contributed by atoms with E-state index in [0.29, 0.717) is 35.9 Å². The number of nitro groups is 1. The van der Waals surface area contributed by atoms with E-state index in [1.807, 2.05) is 0 Å². The fraction of sp³-hybridized carbons (Fsp3) is 0.273. The number of rotatable bonds is 6. The van der Waals surface area contributed by atoms with Crippen molar-refractivity contribution >= 4 is 17.3 Å². The number of nitrogens with zero attached hydrogens (tertiary/aromatic N) is 3. The predicted molar refractivity (Wildman–Crippen MR) is 67.8 cm³/mol. The minimum atomic E-state index is -0.424. The minimum Gasteiger partial charge on any atom is -0.343 e. The van der Waals surface area contributed by atoms with Crippen LogP contribution in [0, 0.1) is 10.1 Å².